The first kappa shape index (κ1) is 15.9. The molecule has 0 aromatic heterocycles. The highest BCUT2D eigenvalue weighted by molar-refractivity contribution is 5.81. The number of hydrogen-bond acceptors (Lipinski definition) is 4. The number of carbonyl (C=O) groups is 2. The van der Waals surface area contributed by atoms with E-state index in [9.17, 15) is 9.59 Å². The van der Waals surface area contributed by atoms with Gasteiger partial charge in [0.25, 0.3) is 0 Å². The van der Waals surface area contributed by atoms with E-state index in [1.54, 1.807) is 0 Å². The van der Waals surface area contributed by atoms with Gasteiger partial charge in [0.1, 0.15) is 0 Å². The molecular weight excluding hydrogens is 196 g/mol. The summed E-state index contributed by atoms with van der Waals surface area (Å²) in [5.41, 5.74) is 0. The van der Waals surface area contributed by atoms with Gasteiger partial charge in [-0.1, -0.05) is 20.6 Å². The van der Waals surface area contributed by atoms with Gasteiger partial charge in [-0.3, -0.25) is 0 Å². The van der Waals surface area contributed by atoms with Crippen LogP contribution in [0.3, 0.4) is 0 Å². The Morgan fingerprint density at radius 2 is 1.27 bits per heavy atom. The number of rotatable bonds is 7. The molecule has 0 atom stereocenters. The average molecular weight is 214 g/mol. The van der Waals surface area contributed by atoms with E-state index in [4.69, 9.17) is 9.47 Å². The Labute approximate surface area is 90.6 Å². The highest BCUT2D eigenvalue weighted by atomic mass is 16.5. The van der Waals surface area contributed by atoms with E-state index in [-0.39, 0.29) is 7.43 Å². The highest BCUT2D eigenvalue weighted by Gasteiger charge is 1.97. The summed E-state index contributed by atoms with van der Waals surface area (Å²) in [6, 6.07) is 0. The lowest BCUT2D eigenvalue weighted by atomic mass is 10.3. The summed E-state index contributed by atoms with van der Waals surface area (Å²) >= 11 is 0. The Kier molecular flexibility index (Phi) is 11.1. The topological polar surface area (TPSA) is 52.6 Å². The SMILES string of the molecule is C.C=CC(=O)OCCCCOC(=O)C=C. The first-order valence-electron chi connectivity index (χ1n) is 4.29. The minimum Gasteiger partial charge on any atom is -0.463 e. The molecule has 0 fully saturated rings. The van der Waals surface area contributed by atoms with Gasteiger partial charge in [-0.25, -0.2) is 9.59 Å². The molecule has 0 spiro atoms. The maximum atomic E-state index is 10.6. The monoisotopic (exact) mass is 214 g/mol. The fourth-order valence-corrected chi connectivity index (χ4v) is 0.667. The predicted octanol–water partition coefficient (Wildman–Crippen LogP) is 1.86. The fraction of sp³-hybridized carbons (Fsp3) is 0.455. The van der Waals surface area contributed by atoms with Crippen molar-refractivity contribution in [2.75, 3.05) is 13.2 Å². The Bertz CT molecular complexity index is 197. The quantitative estimate of drug-likeness (QED) is 0.369. The first-order chi connectivity index (χ1) is 6.70. The molecule has 0 saturated heterocycles. The lowest BCUT2D eigenvalue weighted by molar-refractivity contribution is -0.140. The Hall–Kier alpha value is -1.58. The second kappa shape index (κ2) is 10.5. The summed E-state index contributed by atoms with van der Waals surface area (Å²) in [7, 11) is 0. The maximum absolute atomic E-state index is 10.6. The molecule has 0 radical (unpaired) electrons. The molecule has 0 aromatic rings. The van der Waals surface area contributed by atoms with Crippen molar-refractivity contribution in [3.05, 3.63) is 25.3 Å². The minimum atomic E-state index is -0.437. The van der Waals surface area contributed by atoms with Gasteiger partial charge in [0.2, 0.25) is 0 Å². The number of esters is 2. The van der Waals surface area contributed by atoms with Crippen LogP contribution >= 0.6 is 0 Å². The van der Waals surface area contributed by atoms with Crippen molar-refractivity contribution in [3.63, 3.8) is 0 Å². The molecule has 0 amide bonds. The van der Waals surface area contributed by atoms with Crippen LogP contribution in [-0.4, -0.2) is 25.2 Å². The smallest absolute Gasteiger partial charge is 0.330 e. The lowest BCUT2D eigenvalue weighted by Gasteiger charge is -2.02. The van der Waals surface area contributed by atoms with Crippen molar-refractivity contribution in [1.29, 1.82) is 0 Å². The highest BCUT2D eigenvalue weighted by Crippen LogP contribution is 1.93. The second-order valence-electron chi connectivity index (χ2n) is 2.45. The Balaban J connectivity index is 0. The number of hydrogen-bond donors (Lipinski definition) is 0. The molecule has 0 saturated carbocycles. The molecule has 15 heavy (non-hydrogen) atoms. The predicted molar refractivity (Wildman–Crippen MR) is 58.3 cm³/mol. The van der Waals surface area contributed by atoms with Crippen LogP contribution in [-0.2, 0) is 19.1 Å². The van der Waals surface area contributed by atoms with Gasteiger partial charge in [-0.15, -0.1) is 0 Å². The molecule has 86 valence electrons. The molecule has 0 heterocycles. The van der Waals surface area contributed by atoms with E-state index in [2.05, 4.69) is 13.2 Å². The zero-order chi connectivity index (χ0) is 10.8. The van der Waals surface area contributed by atoms with Crippen molar-refractivity contribution >= 4 is 11.9 Å². The molecule has 0 unspecified atom stereocenters. The average Bonchev–Trinajstić information content (AvgIpc) is 2.22. The van der Waals surface area contributed by atoms with E-state index >= 15 is 0 Å². The summed E-state index contributed by atoms with van der Waals surface area (Å²) in [4.78, 5) is 21.1. The third kappa shape index (κ3) is 10.3. The summed E-state index contributed by atoms with van der Waals surface area (Å²) in [5, 5.41) is 0. The van der Waals surface area contributed by atoms with Gasteiger partial charge in [-0.05, 0) is 12.8 Å². The lowest BCUT2D eigenvalue weighted by Crippen LogP contribution is -2.05. The van der Waals surface area contributed by atoms with Crippen LogP contribution in [0.25, 0.3) is 0 Å². The molecule has 0 bridgehead atoms. The summed E-state index contributed by atoms with van der Waals surface area (Å²) < 4.78 is 9.41. The van der Waals surface area contributed by atoms with Crippen LogP contribution in [0, 0.1) is 0 Å². The van der Waals surface area contributed by atoms with Crippen LogP contribution in [0.4, 0.5) is 0 Å². The molecule has 0 rings (SSSR count). The summed E-state index contributed by atoms with van der Waals surface area (Å²) in [6.07, 6.45) is 3.53. The van der Waals surface area contributed by atoms with E-state index in [1.165, 1.54) is 0 Å². The van der Waals surface area contributed by atoms with Crippen molar-refractivity contribution < 1.29 is 19.1 Å². The zero-order valence-electron chi connectivity index (χ0n) is 8.03. The third-order valence-electron chi connectivity index (χ3n) is 1.36. The molecule has 4 nitrogen and oxygen atoms in total. The molecule has 0 aliphatic rings. The molecule has 0 aliphatic heterocycles. The summed E-state index contributed by atoms with van der Waals surface area (Å²) in [5.74, 6) is -0.874. The molecule has 0 N–H and O–H groups in total. The normalized spacial score (nSPS) is 8.27. The van der Waals surface area contributed by atoms with E-state index < -0.39 is 11.9 Å². The molecule has 0 aliphatic carbocycles. The second-order valence-corrected chi connectivity index (χ2v) is 2.45. The molecular formula is C11H18O4. The van der Waals surface area contributed by atoms with Crippen molar-refractivity contribution in [1.82, 2.24) is 0 Å². The largest absolute Gasteiger partial charge is 0.463 e. The van der Waals surface area contributed by atoms with Crippen LogP contribution in [0.2, 0.25) is 0 Å². The number of unbranched alkanes of at least 4 members (excludes halogenated alkanes) is 1. The van der Waals surface area contributed by atoms with Gasteiger partial charge in [0.05, 0.1) is 13.2 Å². The van der Waals surface area contributed by atoms with Crippen molar-refractivity contribution in [2.24, 2.45) is 0 Å². The zero-order valence-corrected chi connectivity index (χ0v) is 8.03. The van der Waals surface area contributed by atoms with Crippen LogP contribution < -0.4 is 0 Å². The molecule has 4 heteroatoms. The number of ether oxygens (including phenoxy) is 2. The van der Waals surface area contributed by atoms with Crippen LogP contribution in [0.15, 0.2) is 25.3 Å². The Morgan fingerprint density at radius 3 is 1.53 bits per heavy atom. The van der Waals surface area contributed by atoms with Crippen LogP contribution in [0.1, 0.15) is 20.3 Å². The number of carbonyl (C=O) groups excluding carboxylic acids is 2. The summed E-state index contributed by atoms with van der Waals surface area (Å²) in [6.45, 7) is 7.14. The van der Waals surface area contributed by atoms with Gasteiger partial charge < -0.3 is 9.47 Å². The van der Waals surface area contributed by atoms with E-state index in [1.807, 2.05) is 0 Å². The van der Waals surface area contributed by atoms with Crippen molar-refractivity contribution in [3.8, 4) is 0 Å². The van der Waals surface area contributed by atoms with Gasteiger partial charge in [-0.2, -0.15) is 0 Å². The minimum absolute atomic E-state index is 0. The maximum Gasteiger partial charge on any atom is 0.330 e. The van der Waals surface area contributed by atoms with Crippen LogP contribution in [0.5, 0.6) is 0 Å². The Morgan fingerprint density at radius 1 is 0.933 bits per heavy atom. The van der Waals surface area contributed by atoms with E-state index in [0.29, 0.717) is 26.1 Å². The van der Waals surface area contributed by atoms with Gasteiger partial charge >= 0.3 is 11.9 Å². The van der Waals surface area contributed by atoms with Gasteiger partial charge in [0, 0.05) is 12.2 Å². The van der Waals surface area contributed by atoms with Crippen molar-refractivity contribution in [2.45, 2.75) is 20.3 Å². The molecule has 0 aromatic carbocycles. The fourth-order valence-electron chi connectivity index (χ4n) is 0.667. The first-order valence-corrected chi connectivity index (χ1v) is 4.29. The third-order valence-corrected chi connectivity index (χ3v) is 1.36. The standard InChI is InChI=1S/C10H14O4.CH4/c1-3-9(11)13-7-5-6-8-14-10(12)4-2;/h3-4H,1-2,5-8H2;1H4. The van der Waals surface area contributed by atoms with Gasteiger partial charge in [0.15, 0.2) is 0 Å². The van der Waals surface area contributed by atoms with E-state index in [0.717, 1.165) is 12.2 Å².